The Bertz CT molecular complexity index is 1350. The zero-order valence-corrected chi connectivity index (χ0v) is 23.4. The molecule has 2 aliphatic carbocycles. The summed E-state index contributed by atoms with van der Waals surface area (Å²) < 4.78 is 0. The summed E-state index contributed by atoms with van der Waals surface area (Å²) in [6, 6.07) is 31.4. The normalized spacial score (nSPS) is 23.8. The molecule has 1 N–H and O–H groups in total. The summed E-state index contributed by atoms with van der Waals surface area (Å²) >= 11 is 0. The van der Waals surface area contributed by atoms with E-state index in [9.17, 15) is 10.1 Å². The van der Waals surface area contributed by atoms with Crippen LogP contribution >= 0.6 is 0 Å². The number of hydrogen-bond donors (Lipinski definition) is 1. The van der Waals surface area contributed by atoms with E-state index in [0.29, 0.717) is 17.9 Å². The number of Topliss-reactive ketones (excluding diaryl/α,β-unsaturated/α-hetero) is 1. The number of ketones is 1. The fraction of sp³-hybridized carbons (Fsp3) is 0.429. The molecule has 4 aliphatic rings. The third kappa shape index (κ3) is 5.70. The highest BCUT2D eigenvalue weighted by Gasteiger charge is 2.38. The van der Waals surface area contributed by atoms with Crippen LogP contribution in [0.4, 0.5) is 5.69 Å². The molecule has 206 valence electrons. The average Bonchev–Trinajstić information content (AvgIpc) is 3.64. The van der Waals surface area contributed by atoms with Crippen molar-refractivity contribution < 1.29 is 4.79 Å². The van der Waals surface area contributed by atoms with Crippen LogP contribution in [0.25, 0.3) is 0 Å². The van der Waals surface area contributed by atoms with Crippen molar-refractivity contribution in [2.45, 2.75) is 69.0 Å². The Morgan fingerprint density at radius 1 is 0.675 bits per heavy atom. The number of fused-ring (bicyclic) bond motifs is 2. The highest BCUT2D eigenvalue weighted by atomic mass is 16.1. The maximum Gasteiger partial charge on any atom is 0.135 e. The lowest BCUT2D eigenvalue weighted by molar-refractivity contribution is -0.121. The number of hydrogen-bond acceptors (Lipinski definition) is 5. The number of anilines is 1. The van der Waals surface area contributed by atoms with E-state index >= 15 is 0 Å². The van der Waals surface area contributed by atoms with Gasteiger partial charge in [0.15, 0.2) is 0 Å². The van der Waals surface area contributed by atoms with Crippen LogP contribution in [0, 0.1) is 11.3 Å². The quantitative estimate of drug-likeness (QED) is 0.417. The molecule has 5 nitrogen and oxygen atoms in total. The molecule has 0 amide bonds. The molecule has 0 aromatic heterocycles. The lowest BCUT2D eigenvalue weighted by Crippen LogP contribution is -2.49. The number of likely N-dealkylation sites (tertiary alicyclic amines) is 2. The Kier molecular flexibility index (Phi) is 8.00. The third-order valence-corrected chi connectivity index (χ3v) is 9.46. The molecule has 2 saturated heterocycles. The van der Waals surface area contributed by atoms with Gasteiger partial charge in [-0.15, -0.1) is 0 Å². The molecular weight excluding hydrogens is 492 g/mol. The number of nitriles is 1. The number of nitrogens with one attached hydrogen (secondary N) is 1. The number of benzene rings is 3. The van der Waals surface area contributed by atoms with Gasteiger partial charge in [-0.05, 0) is 72.9 Å². The van der Waals surface area contributed by atoms with Gasteiger partial charge >= 0.3 is 0 Å². The van der Waals surface area contributed by atoms with E-state index in [0.717, 1.165) is 57.5 Å². The first-order valence-electron chi connectivity index (χ1n) is 15.0. The molecule has 2 fully saturated rings. The standard InChI is InChI=1S/C21H23N3.C14H17NO/c22-16-21(23-18-7-2-1-3-8-18)12-14-24(15-13-21)20-11-10-17-6-4-5-9-19(17)20;16-12-7-9-15(10-8-12)14-6-5-11-3-1-2-4-13(11)14/h1-9,20,23H,10-15H2;1-4,14H,5-10H2/t20-;14-/m00/s1. The van der Waals surface area contributed by atoms with Crippen LogP contribution < -0.4 is 5.32 Å². The predicted molar refractivity (Wildman–Crippen MR) is 160 cm³/mol. The largest absolute Gasteiger partial charge is 0.367 e. The average molecular weight is 533 g/mol. The van der Waals surface area contributed by atoms with Gasteiger partial charge in [-0.2, -0.15) is 5.26 Å². The van der Waals surface area contributed by atoms with Crippen molar-refractivity contribution in [3.8, 4) is 6.07 Å². The summed E-state index contributed by atoms with van der Waals surface area (Å²) in [5.41, 5.74) is 6.61. The zero-order valence-electron chi connectivity index (χ0n) is 23.4. The summed E-state index contributed by atoms with van der Waals surface area (Å²) in [6.45, 7) is 3.87. The van der Waals surface area contributed by atoms with Crippen LogP contribution in [0.5, 0.6) is 0 Å². The smallest absolute Gasteiger partial charge is 0.135 e. The van der Waals surface area contributed by atoms with Crippen molar-refractivity contribution in [1.82, 2.24) is 9.80 Å². The summed E-state index contributed by atoms with van der Waals surface area (Å²) in [4.78, 5) is 16.3. The highest BCUT2D eigenvalue weighted by molar-refractivity contribution is 5.79. The molecule has 2 atom stereocenters. The van der Waals surface area contributed by atoms with Gasteiger partial charge in [0.2, 0.25) is 0 Å². The van der Waals surface area contributed by atoms with Gasteiger partial charge < -0.3 is 5.32 Å². The van der Waals surface area contributed by atoms with Crippen molar-refractivity contribution in [1.29, 1.82) is 5.26 Å². The summed E-state index contributed by atoms with van der Waals surface area (Å²) in [7, 11) is 0. The van der Waals surface area contributed by atoms with Gasteiger partial charge in [-0.25, -0.2) is 0 Å². The van der Waals surface area contributed by atoms with Gasteiger partial charge in [0.25, 0.3) is 0 Å². The fourth-order valence-electron chi connectivity index (χ4n) is 7.19. The number of aryl methyl sites for hydroxylation is 2. The van der Waals surface area contributed by atoms with Gasteiger partial charge in [-0.1, -0.05) is 66.7 Å². The number of nitrogens with zero attached hydrogens (tertiary/aromatic N) is 3. The van der Waals surface area contributed by atoms with Crippen LogP contribution in [-0.4, -0.2) is 47.3 Å². The minimum Gasteiger partial charge on any atom is -0.367 e. The molecule has 3 aromatic rings. The summed E-state index contributed by atoms with van der Waals surface area (Å²) in [5.74, 6) is 0.433. The Balaban J connectivity index is 0.000000157. The maximum atomic E-state index is 11.2. The van der Waals surface area contributed by atoms with Crippen LogP contribution in [0.3, 0.4) is 0 Å². The monoisotopic (exact) mass is 532 g/mol. The van der Waals surface area contributed by atoms with E-state index in [4.69, 9.17) is 0 Å². The number of piperidine rings is 2. The first kappa shape index (κ1) is 26.7. The molecule has 0 unspecified atom stereocenters. The van der Waals surface area contributed by atoms with Crippen molar-refractivity contribution in [2.75, 3.05) is 31.5 Å². The summed E-state index contributed by atoms with van der Waals surface area (Å²) in [6.07, 6.45) is 8.07. The Hall–Kier alpha value is -3.46. The Labute approximate surface area is 238 Å². The number of carbonyl (C=O) groups is 1. The topological polar surface area (TPSA) is 59.4 Å². The Morgan fingerprint density at radius 3 is 1.73 bits per heavy atom. The van der Waals surface area contributed by atoms with E-state index < -0.39 is 5.54 Å². The van der Waals surface area contributed by atoms with Crippen LogP contribution in [0.15, 0.2) is 78.9 Å². The third-order valence-electron chi connectivity index (χ3n) is 9.46. The van der Waals surface area contributed by atoms with E-state index in [1.807, 2.05) is 30.3 Å². The second-order valence-corrected chi connectivity index (χ2v) is 11.8. The number of carbonyl (C=O) groups excluding carboxylic acids is 1. The number of rotatable bonds is 4. The lowest BCUT2D eigenvalue weighted by atomic mass is 9.87. The number of para-hydroxylation sites is 1. The molecule has 0 bridgehead atoms. The Morgan fingerprint density at radius 2 is 1.18 bits per heavy atom. The molecule has 5 heteroatoms. The first-order valence-corrected chi connectivity index (χ1v) is 15.0. The van der Waals surface area contributed by atoms with Crippen molar-refractivity contribution in [3.05, 3.63) is 101 Å². The molecule has 2 aliphatic heterocycles. The van der Waals surface area contributed by atoms with Gasteiger partial charge in [0, 0.05) is 56.8 Å². The molecule has 3 aromatic carbocycles. The van der Waals surface area contributed by atoms with E-state index in [1.165, 1.54) is 47.9 Å². The highest BCUT2D eigenvalue weighted by Crippen LogP contribution is 2.39. The molecule has 0 radical (unpaired) electrons. The van der Waals surface area contributed by atoms with Crippen LogP contribution in [-0.2, 0) is 17.6 Å². The van der Waals surface area contributed by atoms with Crippen molar-refractivity contribution in [2.24, 2.45) is 0 Å². The second-order valence-electron chi connectivity index (χ2n) is 11.8. The zero-order chi connectivity index (χ0) is 27.4. The summed E-state index contributed by atoms with van der Waals surface area (Å²) in [5, 5.41) is 13.3. The predicted octanol–water partition coefficient (Wildman–Crippen LogP) is 6.48. The molecule has 0 saturated carbocycles. The minimum atomic E-state index is -0.435. The molecule has 7 rings (SSSR count). The molecule has 40 heavy (non-hydrogen) atoms. The first-order chi connectivity index (χ1) is 19.6. The van der Waals surface area contributed by atoms with Crippen molar-refractivity contribution >= 4 is 11.5 Å². The maximum absolute atomic E-state index is 11.2. The molecule has 0 spiro atoms. The molecular formula is C35H40N4O. The van der Waals surface area contributed by atoms with Crippen LogP contribution in [0.2, 0.25) is 0 Å². The van der Waals surface area contributed by atoms with Gasteiger partial charge in [0.1, 0.15) is 11.3 Å². The fourth-order valence-corrected chi connectivity index (χ4v) is 7.19. The van der Waals surface area contributed by atoms with Gasteiger partial charge in [-0.3, -0.25) is 14.6 Å². The van der Waals surface area contributed by atoms with Crippen molar-refractivity contribution in [3.63, 3.8) is 0 Å². The minimum absolute atomic E-state index is 0.433. The SMILES string of the molecule is N#CC1(Nc2ccccc2)CCN([C@H]2CCc3ccccc32)CC1.O=C1CCN([C@H]2CCc3ccccc32)CC1. The van der Waals surface area contributed by atoms with Crippen LogP contribution in [0.1, 0.15) is 72.9 Å². The lowest BCUT2D eigenvalue weighted by Gasteiger charge is -2.41. The van der Waals surface area contributed by atoms with E-state index in [-0.39, 0.29) is 0 Å². The van der Waals surface area contributed by atoms with Gasteiger partial charge in [0.05, 0.1) is 6.07 Å². The second kappa shape index (κ2) is 12.0. The van der Waals surface area contributed by atoms with E-state index in [1.54, 1.807) is 0 Å². The van der Waals surface area contributed by atoms with E-state index in [2.05, 4.69) is 69.7 Å². The molecule has 2 heterocycles.